The quantitative estimate of drug-likeness (QED) is 0.297. The van der Waals surface area contributed by atoms with Crippen LogP contribution < -0.4 is 20.3 Å². The Morgan fingerprint density at radius 1 is 1.04 bits per heavy atom. The summed E-state index contributed by atoms with van der Waals surface area (Å²) in [4.78, 5) is 52.1. The molecule has 0 saturated carbocycles. The molecule has 2 fully saturated rings. The first-order valence-corrected chi connectivity index (χ1v) is 15.4. The van der Waals surface area contributed by atoms with Crippen LogP contribution >= 0.6 is 0 Å². The average Bonchev–Trinajstić information content (AvgIpc) is 3.77. The molecule has 3 amide bonds. The van der Waals surface area contributed by atoms with Crippen LogP contribution in [0.4, 0.5) is 21.9 Å². The number of fused-ring (bicyclic) bond motifs is 2. The number of carbonyl (C=O) groups excluding carboxylic acids is 3. The minimum absolute atomic E-state index is 0.00497. The van der Waals surface area contributed by atoms with Crippen molar-refractivity contribution in [1.82, 2.24) is 19.4 Å². The highest BCUT2D eigenvalue weighted by Gasteiger charge is 2.34. The van der Waals surface area contributed by atoms with Crippen molar-refractivity contribution in [2.24, 2.45) is 13.0 Å². The van der Waals surface area contributed by atoms with Crippen LogP contribution in [-0.2, 0) is 16.6 Å². The number of nitrogens with one attached hydrogen (secondary N) is 2. The van der Waals surface area contributed by atoms with Crippen molar-refractivity contribution in [2.75, 3.05) is 48.8 Å². The summed E-state index contributed by atoms with van der Waals surface area (Å²) >= 11 is 0. The number of hydrogen-bond donors (Lipinski definition) is 2. The van der Waals surface area contributed by atoms with E-state index >= 15 is 0 Å². The van der Waals surface area contributed by atoms with Gasteiger partial charge in [0.15, 0.2) is 5.76 Å². The molecule has 3 aliphatic heterocycles. The third-order valence-corrected chi connectivity index (χ3v) is 8.97. The molecular weight excluding hydrogens is 586 g/mol. The minimum atomic E-state index is -0.449. The second-order valence-corrected chi connectivity index (χ2v) is 11.9. The van der Waals surface area contributed by atoms with Gasteiger partial charge in [-0.25, -0.2) is 9.78 Å². The lowest BCUT2D eigenvalue weighted by Crippen LogP contribution is -2.42. The summed E-state index contributed by atoms with van der Waals surface area (Å²) in [6.07, 6.45) is 11.2. The lowest BCUT2D eigenvalue weighted by molar-refractivity contribution is -0.135. The molecule has 12 heteroatoms. The van der Waals surface area contributed by atoms with E-state index in [0.717, 1.165) is 61.2 Å². The Morgan fingerprint density at radius 3 is 2.63 bits per heavy atom. The Kier molecular flexibility index (Phi) is 7.87. The van der Waals surface area contributed by atoms with E-state index in [1.807, 2.05) is 28.8 Å². The number of aromatic nitrogens is 3. The molecule has 0 radical (unpaired) electrons. The maximum absolute atomic E-state index is 13.5. The van der Waals surface area contributed by atoms with Crippen LogP contribution in [0.3, 0.4) is 0 Å². The maximum atomic E-state index is 13.5. The number of nitrogens with zero attached hydrogens (tertiary/aromatic N) is 5. The van der Waals surface area contributed by atoms with Crippen molar-refractivity contribution < 1.29 is 23.9 Å². The van der Waals surface area contributed by atoms with E-state index in [1.165, 1.54) is 0 Å². The third kappa shape index (κ3) is 5.67. The number of anilines is 3. The van der Waals surface area contributed by atoms with Crippen LogP contribution in [0.5, 0.6) is 5.75 Å². The van der Waals surface area contributed by atoms with Crippen molar-refractivity contribution in [1.29, 1.82) is 0 Å². The Bertz CT molecular complexity index is 1850. The second kappa shape index (κ2) is 12.3. The number of pyridine rings is 2. The Balaban J connectivity index is 1.08. The van der Waals surface area contributed by atoms with Crippen molar-refractivity contribution >= 4 is 51.9 Å². The first-order chi connectivity index (χ1) is 22.4. The lowest BCUT2D eigenvalue weighted by atomic mass is 9.94. The standard InChI is InChI=1S/C34H35N7O5/c1-39-19-22(16-29-31(42)26-17-23(5-6-28(26)46-29)37-34(44)38-24-4-3-11-35-18-24)30-27(7-12-36-32(30)39)40-13-8-21(9-14-40)33(43)41-15-10-25(20-41)45-2/h3-7,11-12,16-19,21,25H,8-10,13-15,20H2,1-2H3,(H2,37,38,44). The van der Waals surface area contributed by atoms with Crippen molar-refractivity contribution in [3.63, 3.8) is 0 Å². The normalized spacial score (nSPS) is 19.0. The average molecular weight is 622 g/mol. The van der Waals surface area contributed by atoms with Gasteiger partial charge < -0.3 is 34.5 Å². The molecule has 0 spiro atoms. The summed E-state index contributed by atoms with van der Waals surface area (Å²) < 4.78 is 13.4. The third-order valence-electron chi connectivity index (χ3n) is 8.97. The van der Waals surface area contributed by atoms with Gasteiger partial charge in [-0.15, -0.1) is 0 Å². The molecule has 3 aromatic heterocycles. The molecule has 1 atom stereocenters. The number of benzene rings is 1. The van der Waals surface area contributed by atoms with E-state index in [9.17, 15) is 14.4 Å². The topological polar surface area (TPSA) is 131 Å². The van der Waals surface area contributed by atoms with Crippen LogP contribution in [0.1, 0.15) is 35.2 Å². The number of Topliss-reactive ketones (excluding diaryl/α,β-unsaturated/α-hetero) is 1. The number of allylic oxidation sites excluding steroid dienone is 1. The van der Waals surface area contributed by atoms with Gasteiger partial charge in [-0.05, 0) is 61.7 Å². The predicted octanol–water partition coefficient (Wildman–Crippen LogP) is 4.69. The number of methoxy groups -OCH3 is 1. The zero-order chi connectivity index (χ0) is 31.8. The van der Waals surface area contributed by atoms with E-state index in [-0.39, 0.29) is 29.5 Å². The predicted molar refractivity (Wildman–Crippen MR) is 174 cm³/mol. The summed E-state index contributed by atoms with van der Waals surface area (Å²) in [5.41, 5.74) is 3.99. The van der Waals surface area contributed by atoms with E-state index < -0.39 is 6.03 Å². The zero-order valence-corrected chi connectivity index (χ0v) is 25.7. The first-order valence-electron chi connectivity index (χ1n) is 15.4. The number of likely N-dealkylation sites (tertiary alicyclic amines) is 1. The Hall–Kier alpha value is -5.23. The van der Waals surface area contributed by atoms with E-state index in [0.29, 0.717) is 29.2 Å². The van der Waals surface area contributed by atoms with Gasteiger partial charge in [-0.2, -0.15) is 0 Å². The number of rotatable bonds is 6. The number of carbonyl (C=O) groups is 3. The lowest BCUT2D eigenvalue weighted by Gasteiger charge is -2.35. The number of piperidine rings is 1. The molecular formula is C34H35N7O5. The Labute approximate surface area is 266 Å². The molecule has 12 nitrogen and oxygen atoms in total. The number of aryl methyl sites for hydroxylation is 1. The summed E-state index contributed by atoms with van der Waals surface area (Å²) in [5.74, 6) is 0.581. The molecule has 0 bridgehead atoms. The largest absolute Gasteiger partial charge is 0.452 e. The van der Waals surface area contributed by atoms with Gasteiger partial charge in [0.2, 0.25) is 11.7 Å². The molecule has 0 aliphatic carbocycles. The molecule has 4 aromatic rings. The maximum Gasteiger partial charge on any atom is 0.323 e. The van der Waals surface area contributed by atoms with Crippen LogP contribution in [-0.4, -0.2) is 76.5 Å². The van der Waals surface area contributed by atoms with E-state index in [4.69, 9.17) is 9.47 Å². The van der Waals surface area contributed by atoms with Crippen molar-refractivity contribution in [3.05, 3.63) is 78.1 Å². The number of ether oxygens (including phenoxy) is 2. The zero-order valence-electron chi connectivity index (χ0n) is 25.7. The molecule has 7 rings (SSSR count). The smallest absolute Gasteiger partial charge is 0.323 e. The minimum Gasteiger partial charge on any atom is -0.452 e. The summed E-state index contributed by atoms with van der Waals surface area (Å²) in [5, 5.41) is 6.39. The molecule has 46 heavy (non-hydrogen) atoms. The van der Waals surface area contributed by atoms with Crippen LogP contribution in [0.15, 0.2) is 66.9 Å². The summed E-state index contributed by atoms with van der Waals surface area (Å²) in [7, 11) is 3.63. The molecule has 2 saturated heterocycles. The van der Waals surface area contributed by atoms with Crippen molar-refractivity contribution in [2.45, 2.75) is 25.4 Å². The highest BCUT2D eigenvalue weighted by Crippen LogP contribution is 2.37. The first kappa shape index (κ1) is 29.5. The molecule has 236 valence electrons. The number of urea groups is 1. The van der Waals surface area contributed by atoms with Gasteiger partial charge in [0.1, 0.15) is 11.4 Å². The number of hydrogen-bond acceptors (Lipinski definition) is 8. The molecule has 6 heterocycles. The van der Waals surface area contributed by atoms with Gasteiger partial charge >= 0.3 is 6.03 Å². The fraction of sp³-hybridized carbons (Fsp3) is 0.324. The highest BCUT2D eigenvalue weighted by atomic mass is 16.5. The molecule has 2 N–H and O–H groups in total. The molecule has 1 unspecified atom stereocenters. The highest BCUT2D eigenvalue weighted by molar-refractivity contribution is 6.16. The summed E-state index contributed by atoms with van der Waals surface area (Å²) in [6, 6.07) is 9.97. The van der Waals surface area contributed by atoms with E-state index in [2.05, 4.69) is 25.5 Å². The number of amides is 3. The Morgan fingerprint density at radius 2 is 1.87 bits per heavy atom. The fourth-order valence-corrected chi connectivity index (χ4v) is 6.58. The van der Waals surface area contributed by atoms with Gasteiger partial charge in [0, 0.05) is 87.2 Å². The molecule has 3 aliphatic rings. The van der Waals surface area contributed by atoms with Crippen LogP contribution in [0, 0.1) is 5.92 Å². The number of ketones is 1. The molecule has 1 aromatic carbocycles. The van der Waals surface area contributed by atoms with Crippen LogP contribution in [0.25, 0.3) is 17.1 Å². The fourth-order valence-electron chi connectivity index (χ4n) is 6.58. The van der Waals surface area contributed by atoms with Gasteiger partial charge in [0.05, 0.1) is 23.6 Å². The van der Waals surface area contributed by atoms with Gasteiger partial charge in [-0.1, -0.05) is 0 Å². The van der Waals surface area contributed by atoms with Crippen LogP contribution in [0.2, 0.25) is 0 Å². The second-order valence-electron chi connectivity index (χ2n) is 11.9. The van der Waals surface area contributed by atoms with Gasteiger partial charge in [0.25, 0.3) is 0 Å². The van der Waals surface area contributed by atoms with Gasteiger partial charge in [-0.3, -0.25) is 14.6 Å². The summed E-state index contributed by atoms with van der Waals surface area (Å²) in [6.45, 7) is 2.92. The van der Waals surface area contributed by atoms with E-state index in [1.54, 1.807) is 62.1 Å². The monoisotopic (exact) mass is 621 g/mol. The van der Waals surface area contributed by atoms with Crippen molar-refractivity contribution in [3.8, 4) is 5.75 Å². The SMILES string of the molecule is COC1CCN(C(=O)C2CCN(c3ccnc4c3c(C=C3Oc5ccc(NC(=O)Nc6cccnc6)cc5C3=O)cn4C)CC2)C1.